The fourth-order valence-corrected chi connectivity index (χ4v) is 2.35. The molecule has 0 bridgehead atoms. The topological polar surface area (TPSA) is 29.5 Å². The van der Waals surface area contributed by atoms with Crippen LogP contribution in [-0.4, -0.2) is 24.5 Å². The van der Waals surface area contributed by atoms with Crippen LogP contribution >= 0.6 is 22.6 Å². The van der Waals surface area contributed by atoms with Gasteiger partial charge in [-0.25, -0.2) is 8.78 Å². The summed E-state index contributed by atoms with van der Waals surface area (Å²) in [5.41, 5.74) is 0.522. The van der Waals surface area contributed by atoms with E-state index in [0.717, 1.165) is 15.7 Å². The Kier molecular flexibility index (Phi) is 5.92. The molecule has 0 radical (unpaired) electrons. The van der Waals surface area contributed by atoms with Gasteiger partial charge in [0.1, 0.15) is 5.75 Å². The molecule has 1 unspecified atom stereocenters. The Balaban J connectivity index is 1.97. The first-order chi connectivity index (χ1) is 10.9. The first-order valence-electron chi connectivity index (χ1n) is 6.97. The van der Waals surface area contributed by atoms with Gasteiger partial charge >= 0.3 is 0 Å². The quantitative estimate of drug-likeness (QED) is 0.666. The van der Waals surface area contributed by atoms with E-state index < -0.39 is 17.7 Å². The van der Waals surface area contributed by atoms with Gasteiger partial charge in [-0.05, 0) is 71.5 Å². The van der Waals surface area contributed by atoms with Crippen molar-refractivity contribution in [2.75, 3.05) is 13.7 Å². The molecule has 0 spiro atoms. The van der Waals surface area contributed by atoms with Gasteiger partial charge in [-0.15, -0.1) is 0 Å². The second-order valence-corrected chi connectivity index (χ2v) is 6.34. The Morgan fingerprint density at radius 3 is 2.43 bits per heavy atom. The third-order valence-electron chi connectivity index (χ3n) is 3.58. The number of nitrogens with zero attached hydrogens (tertiary/aromatic N) is 1. The molecule has 2 aromatic rings. The number of halogens is 3. The molecule has 0 heterocycles. The summed E-state index contributed by atoms with van der Waals surface area (Å²) in [5.74, 6) is -1.48. The summed E-state index contributed by atoms with van der Waals surface area (Å²) in [4.78, 5) is 13.6. The molecular weight excluding hydrogens is 415 g/mol. The summed E-state index contributed by atoms with van der Waals surface area (Å²) in [6.07, 6.45) is 0. The first kappa shape index (κ1) is 17.7. The Morgan fingerprint density at radius 1 is 1.17 bits per heavy atom. The smallest absolute Gasteiger partial charge is 0.260 e. The zero-order valence-electron chi connectivity index (χ0n) is 12.7. The van der Waals surface area contributed by atoms with E-state index in [1.54, 1.807) is 26.1 Å². The van der Waals surface area contributed by atoms with Gasteiger partial charge in [0.25, 0.3) is 5.91 Å². The maximum atomic E-state index is 13.3. The van der Waals surface area contributed by atoms with E-state index >= 15 is 0 Å². The number of hydrogen-bond donors (Lipinski definition) is 0. The van der Waals surface area contributed by atoms with Crippen molar-refractivity contribution in [1.82, 2.24) is 4.90 Å². The minimum absolute atomic E-state index is 0.120. The second-order valence-electron chi connectivity index (χ2n) is 5.10. The van der Waals surface area contributed by atoms with E-state index in [0.29, 0.717) is 11.3 Å². The van der Waals surface area contributed by atoms with Crippen molar-refractivity contribution in [2.24, 2.45) is 0 Å². The highest BCUT2D eigenvalue weighted by molar-refractivity contribution is 14.1. The Bertz CT molecular complexity index is 691. The summed E-state index contributed by atoms with van der Waals surface area (Å²) in [6, 6.07) is 10.6. The molecule has 2 rings (SSSR count). The van der Waals surface area contributed by atoms with Crippen LogP contribution in [-0.2, 0) is 4.79 Å². The normalized spacial score (nSPS) is 11.9. The van der Waals surface area contributed by atoms with E-state index in [2.05, 4.69) is 22.6 Å². The second kappa shape index (κ2) is 7.72. The van der Waals surface area contributed by atoms with Crippen molar-refractivity contribution >= 4 is 28.5 Å². The number of likely N-dealkylation sites (N-methyl/N-ethyl adjacent to an activating group) is 1. The molecule has 0 aliphatic carbocycles. The van der Waals surface area contributed by atoms with Gasteiger partial charge in [0.15, 0.2) is 18.2 Å². The van der Waals surface area contributed by atoms with Crippen LogP contribution in [0.15, 0.2) is 42.5 Å². The maximum Gasteiger partial charge on any atom is 0.260 e. The number of ether oxygens (including phenoxy) is 1. The number of benzene rings is 2. The van der Waals surface area contributed by atoms with Crippen molar-refractivity contribution in [2.45, 2.75) is 13.0 Å². The van der Waals surface area contributed by atoms with Crippen LogP contribution in [0.5, 0.6) is 5.75 Å². The van der Waals surface area contributed by atoms with Crippen molar-refractivity contribution in [3.05, 3.63) is 63.2 Å². The predicted octanol–water partition coefficient (Wildman–Crippen LogP) is 4.17. The summed E-state index contributed by atoms with van der Waals surface area (Å²) < 4.78 is 32.8. The van der Waals surface area contributed by atoms with E-state index in [1.165, 1.54) is 11.0 Å². The van der Waals surface area contributed by atoms with Gasteiger partial charge in [-0.1, -0.05) is 6.07 Å². The molecule has 2 aromatic carbocycles. The van der Waals surface area contributed by atoms with Gasteiger partial charge < -0.3 is 9.64 Å². The lowest BCUT2D eigenvalue weighted by atomic mass is 10.1. The van der Waals surface area contributed by atoms with Gasteiger partial charge in [0.2, 0.25) is 0 Å². The summed E-state index contributed by atoms with van der Waals surface area (Å²) in [6.45, 7) is 1.63. The first-order valence-corrected chi connectivity index (χ1v) is 8.05. The minimum Gasteiger partial charge on any atom is -0.484 e. The molecule has 1 atom stereocenters. The molecule has 0 fully saturated rings. The van der Waals surface area contributed by atoms with Crippen LogP contribution in [0.25, 0.3) is 0 Å². The van der Waals surface area contributed by atoms with Crippen molar-refractivity contribution in [3.8, 4) is 5.75 Å². The van der Waals surface area contributed by atoms with E-state index in [9.17, 15) is 13.6 Å². The molecular formula is C17H16F2INO2. The fourth-order valence-electron chi connectivity index (χ4n) is 1.99. The van der Waals surface area contributed by atoms with Crippen molar-refractivity contribution < 1.29 is 18.3 Å². The lowest BCUT2D eigenvalue weighted by molar-refractivity contribution is -0.134. The Hall–Kier alpha value is -1.70. The number of hydrogen-bond acceptors (Lipinski definition) is 2. The highest BCUT2D eigenvalue weighted by Crippen LogP contribution is 2.21. The Labute approximate surface area is 147 Å². The summed E-state index contributed by atoms with van der Waals surface area (Å²) in [7, 11) is 1.60. The summed E-state index contributed by atoms with van der Waals surface area (Å²) in [5, 5.41) is 0. The van der Waals surface area contributed by atoms with Crippen LogP contribution in [0.2, 0.25) is 0 Å². The predicted molar refractivity (Wildman–Crippen MR) is 92.2 cm³/mol. The third-order valence-corrected chi connectivity index (χ3v) is 4.30. The largest absolute Gasteiger partial charge is 0.484 e. The molecule has 0 saturated heterocycles. The third kappa shape index (κ3) is 4.63. The number of carbonyl (C=O) groups excluding carboxylic acids is 1. The highest BCUT2D eigenvalue weighted by atomic mass is 127. The number of amides is 1. The lowest BCUT2D eigenvalue weighted by Crippen LogP contribution is -2.33. The standard InChI is InChI=1S/C17H16F2INO2/c1-11(12-3-8-15(18)16(19)9-12)21(2)17(22)10-23-14-6-4-13(20)5-7-14/h3-9,11H,10H2,1-2H3. The zero-order chi connectivity index (χ0) is 17.0. The molecule has 122 valence electrons. The average Bonchev–Trinajstić information content (AvgIpc) is 2.55. The van der Waals surface area contributed by atoms with E-state index in [4.69, 9.17) is 4.74 Å². The van der Waals surface area contributed by atoms with Crippen LogP contribution in [0.1, 0.15) is 18.5 Å². The van der Waals surface area contributed by atoms with Crippen LogP contribution in [0.3, 0.4) is 0 Å². The summed E-state index contributed by atoms with van der Waals surface area (Å²) >= 11 is 2.18. The number of rotatable bonds is 5. The molecule has 0 saturated carbocycles. The van der Waals surface area contributed by atoms with Gasteiger partial charge in [-0.2, -0.15) is 0 Å². The van der Waals surface area contributed by atoms with Crippen LogP contribution in [0.4, 0.5) is 8.78 Å². The van der Waals surface area contributed by atoms with Crippen molar-refractivity contribution in [1.29, 1.82) is 0 Å². The van der Waals surface area contributed by atoms with Gasteiger partial charge in [0.05, 0.1) is 6.04 Å². The highest BCUT2D eigenvalue weighted by Gasteiger charge is 2.19. The number of carbonyl (C=O) groups is 1. The van der Waals surface area contributed by atoms with Gasteiger partial charge in [0, 0.05) is 10.6 Å². The van der Waals surface area contributed by atoms with Gasteiger partial charge in [-0.3, -0.25) is 4.79 Å². The van der Waals surface area contributed by atoms with E-state index in [1.807, 2.05) is 12.1 Å². The Morgan fingerprint density at radius 2 is 1.83 bits per heavy atom. The molecule has 23 heavy (non-hydrogen) atoms. The minimum atomic E-state index is -0.926. The fraction of sp³-hybridized carbons (Fsp3) is 0.235. The average molecular weight is 431 g/mol. The molecule has 0 N–H and O–H groups in total. The molecule has 0 aromatic heterocycles. The maximum absolute atomic E-state index is 13.3. The molecule has 3 nitrogen and oxygen atoms in total. The SMILES string of the molecule is CC(c1ccc(F)c(F)c1)N(C)C(=O)COc1ccc(I)cc1. The molecule has 6 heteroatoms. The molecule has 0 aliphatic heterocycles. The monoisotopic (exact) mass is 431 g/mol. The zero-order valence-corrected chi connectivity index (χ0v) is 14.9. The van der Waals surface area contributed by atoms with Crippen LogP contribution in [0, 0.1) is 15.2 Å². The molecule has 0 aliphatic rings. The van der Waals surface area contributed by atoms with Crippen LogP contribution < -0.4 is 4.74 Å². The molecule has 1 amide bonds. The van der Waals surface area contributed by atoms with E-state index in [-0.39, 0.29) is 12.5 Å². The van der Waals surface area contributed by atoms with Crippen molar-refractivity contribution in [3.63, 3.8) is 0 Å². The lowest BCUT2D eigenvalue weighted by Gasteiger charge is -2.25.